The van der Waals surface area contributed by atoms with Crippen molar-refractivity contribution in [3.63, 3.8) is 0 Å². The molecule has 1 atom stereocenters. The SMILES string of the molecule is CCCCOc1ccc2[nH]c3c(c2c1)CC(N)CC3.O=C(O)C(=O)O. The maximum Gasteiger partial charge on any atom is 0.414 e. The van der Waals surface area contributed by atoms with E-state index in [1.807, 2.05) is 0 Å². The monoisotopic (exact) mass is 348 g/mol. The molecule has 5 N–H and O–H groups in total. The van der Waals surface area contributed by atoms with Crippen LogP contribution in [0.2, 0.25) is 0 Å². The molecule has 2 aromatic rings. The number of aromatic amines is 1. The number of rotatable bonds is 4. The number of unbranched alkanes of at least 4 members (excludes halogenated alkanes) is 1. The molecule has 25 heavy (non-hydrogen) atoms. The fourth-order valence-corrected chi connectivity index (χ4v) is 2.85. The zero-order chi connectivity index (χ0) is 18.4. The average molecular weight is 348 g/mol. The zero-order valence-electron chi connectivity index (χ0n) is 14.2. The first-order chi connectivity index (χ1) is 11.9. The molecule has 1 unspecified atom stereocenters. The number of benzene rings is 1. The van der Waals surface area contributed by atoms with Gasteiger partial charge in [0.2, 0.25) is 0 Å². The van der Waals surface area contributed by atoms with Crippen LogP contribution in [0.15, 0.2) is 18.2 Å². The van der Waals surface area contributed by atoms with Crippen LogP contribution in [0.25, 0.3) is 10.9 Å². The number of nitrogens with two attached hydrogens (primary N) is 1. The smallest absolute Gasteiger partial charge is 0.414 e. The summed E-state index contributed by atoms with van der Waals surface area (Å²) < 4.78 is 5.80. The summed E-state index contributed by atoms with van der Waals surface area (Å²) in [5.41, 5.74) is 10.1. The van der Waals surface area contributed by atoms with Crippen molar-refractivity contribution in [1.29, 1.82) is 0 Å². The van der Waals surface area contributed by atoms with Crippen molar-refractivity contribution >= 4 is 22.8 Å². The van der Waals surface area contributed by atoms with Crippen LogP contribution in [0.1, 0.15) is 37.4 Å². The van der Waals surface area contributed by atoms with E-state index in [9.17, 15) is 0 Å². The Hall–Kier alpha value is -2.54. The third kappa shape index (κ3) is 4.96. The first kappa shape index (κ1) is 18.8. The molecule has 0 saturated carbocycles. The molecule has 0 saturated heterocycles. The van der Waals surface area contributed by atoms with Crippen LogP contribution in [0.3, 0.4) is 0 Å². The number of hydrogen-bond acceptors (Lipinski definition) is 4. The lowest BCUT2D eigenvalue weighted by Crippen LogP contribution is -2.27. The maximum atomic E-state index is 9.10. The highest BCUT2D eigenvalue weighted by Gasteiger charge is 2.20. The Morgan fingerprint density at radius 2 is 2.04 bits per heavy atom. The molecule has 1 heterocycles. The quantitative estimate of drug-likeness (QED) is 0.496. The predicted octanol–water partition coefficient (Wildman–Crippen LogP) is 2.32. The number of H-pyrrole nitrogens is 1. The van der Waals surface area contributed by atoms with E-state index < -0.39 is 11.9 Å². The van der Waals surface area contributed by atoms with E-state index in [0.717, 1.165) is 44.5 Å². The van der Waals surface area contributed by atoms with Crippen LogP contribution in [0.5, 0.6) is 5.75 Å². The number of ether oxygens (including phenoxy) is 1. The lowest BCUT2D eigenvalue weighted by molar-refractivity contribution is -0.159. The standard InChI is InChI=1S/C16H22N2O.C2H2O4/c1-2-3-8-19-12-5-7-16-14(10-12)13-9-11(17)4-6-15(13)18-16;3-1(4)2(5)6/h5,7,10-11,18H,2-4,6,8-9,17H2,1H3;(H,3,4)(H,5,6). The molecule has 0 fully saturated rings. The molecule has 7 heteroatoms. The first-order valence-electron chi connectivity index (χ1n) is 8.40. The number of carboxylic acids is 2. The van der Waals surface area contributed by atoms with E-state index in [1.165, 1.54) is 22.2 Å². The molecule has 1 aliphatic rings. The second-order valence-electron chi connectivity index (χ2n) is 6.10. The van der Waals surface area contributed by atoms with Gasteiger partial charge < -0.3 is 25.7 Å². The van der Waals surface area contributed by atoms with Crippen LogP contribution in [0.4, 0.5) is 0 Å². The average Bonchev–Trinajstić information content (AvgIpc) is 2.93. The molecular weight excluding hydrogens is 324 g/mol. The molecule has 1 aliphatic carbocycles. The molecule has 0 amide bonds. The summed E-state index contributed by atoms with van der Waals surface area (Å²) in [6, 6.07) is 6.65. The fraction of sp³-hybridized carbons (Fsp3) is 0.444. The van der Waals surface area contributed by atoms with E-state index in [1.54, 1.807) is 0 Å². The minimum Gasteiger partial charge on any atom is -0.494 e. The lowest BCUT2D eigenvalue weighted by atomic mass is 9.92. The number of aromatic nitrogens is 1. The summed E-state index contributed by atoms with van der Waals surface area (Å²) in [6.45, 7) is 2.98. The number of carbonyl (C=O) groups is 2. The highest BCUT2D eigenvalue weighted by Crippen LogP contribution is 2.31. The van der Waals surface area contributed by atoms with E-state index in [-0.39, 0.29) is 0 Å². The second kappa shape index (κ2) is 8.53. The molecular formula is C18H24N2O5. The van der Waals surface area contributed by atoms with Crippen LogP contribution in [0, 0.1) is 0 Å². The molecule has 0 radical (unpaired) electrons. The Bertz CT molecular complexity index is 741. The van der Waals surface area contributed by atoms with Crippen LogP contribution in [-0.4, -0.2) is 39.8 Å². The van der Waals surface area contributed by atoms with Crippen molar-refractivity contribution in [3.8, 4) is 5.75 Å². The lowest BCUT2D eigenvalue weighted by Gasteiger charge is -2.18. The molecule has 1 aromatic carbocycles. The molecule has 0 aliphatic heterocycles. The Morgan fingerprint density at radius 3 is 2.68 bits per heavy atom. The predicted molar refractivity (Wildman–Crippen MR) is 94.0 cm³/mol. The van der Waals surface area contributed by atoms with Gasteiger partial charge in [-0.3, -0.25) is 0 Å². The van der Waals surface area contributed by atoms with Crippen molar-refractivity contribution in [1.82, 2.24) is 4.98 Å². The summed E-state index contributed by atoms with van der Waals surface area (Å²) in [5, 5.41) is 16.1. The van der Waals surface area contributed by atoms with E-state index in [0.29, 0.717) is 6.04 Å². The van der Waals surface area contributed by atoms with E-state index >= 15 is 0 Å². The van der Waals surface area contributed by atoms with Crippen LogP contribution < -0.4 is 10.5 Å². The van der Waals surface area contributed by atoms with Crippen molar-refractivity contribution in [2.75, 3.05) is 6.61 Å². The minimum atomic E-state index is -1.82. The van der Waals surface area contributed by atoms with Gasteiger partial charge in [-0.25, -0.2) is 9.59 Å². The number of carboxylic acid groups (broad SMARTS) is 2. The van der Waals surface area contributed by atoms with Crippen molar-refractivity contribution in [2.24, 2.45) is 5.73 Å². The fourth-order valence-electron chi connectivity index (χ4n) is 2.85. The topological polar surface area (TPSA) is 126 Å². The van der Waals surface area contributed by atoms with Gasteiger partial charge in [0, 0.05) is 22.6 Å². The Balaban J connectivity index is 0.000000326. The summed E-state index contributed by atoms with van der Waals surface area (Å²) in [7, 11) is 0. The van der Waals surface area contributed by atoms with Crippen LogP contribution in [-0.2, 0) is 22.4 Å². The van der Waals surface area contributed by atoms with Crippen molar-refractivity contribution in [2.45, 2.75) is 45.1 Å². The molecule has 3 rings (SSSR count). The van der Waals surface area contributed by atoms with Gasteiger partial charge in [0.15, 0.2) is 0 Å². The van der Waals surface area contributed by atoms with Gasteiger partial charge in [-0.15, -0.1) is 0 Å². The molecule has 7 nitrogen and oxygen atoms in total. The summed E-state index contributed by atoms with van der Waals surface area (Å²) in [6.07, 6.45) is 5.40. The second-order valence-corrected chi connectivity index (χ2v) is 6.10. The number of aryl methyl sites for hydroxylation is 1. The zero-order valence-corrected chi connectivity index (χ0v) is 14.2. The van der Waals surface area contributed by atoms with Crippen LogP contribution >= 0.6 is 0 Å². The number of hydrogen-bond donors (Lipinski definition) is 4. The Kier molecular flexibility index (Phi) is 6.41. The molecule has 136 valence electrons. The summed E-state index contributed by atoms with van der Waals surface area (Å²) in [5.74, 6) is -2.67. The van der Waals surface area contributed by atoms with Gasteiger partial charge in [0.25, 0.3) is 0 Å². The van der Waals surface area contributed by atoms with Gasteiger partial charge in [0.05, 0.1) is 6.61 Å². The first-order valence-corrected chi connectivity index (χ1v) is 8.40. The largest absolute Gasteiger partial charge is 0.494 e. The highest BCUT2D eigenvalue weighted by molar-refractivity contribution is 6.27. The molecule has 0 spiro atoms. The van der Waals surface area contributed by atoms with Gasteiger partial charge in [-0.1, -0.05) is 13.3 Å². The third-order valence-electron chi connectivity index (χ3n) is 4.15. The minimum absolute atomic E-state index is 0.302. The van der Waals surface area contributed by atoms with E-state index in [2.05, 4.69) is 30.1 Å². The number of fused-ring (bicyclic) bond motifs is 3. The molecule has 1 aromatic heterocycles. The normalized spacial score (nSPS) is 15.8. The van der Waals surface area contributed by atoms with Crippen molar-refractivity contribution < 1.29 is 24.5 Å². The summed E-state index contributed by atoms with van der Waals surface area (Å²) >= 11 is 0. The van der Waals surface area contributed by atoms with Crippen molar-refractivity contribution in [3.05, 3.63) is 29.5 Å². The highest BCUT2D eigenvalue weighted by atomic mass is 16.5. The van der Waals surface area contributed by atoms with Gasteiger partial charge in [-0.05, 0) is 49.4 Å². The maximum absolute atomic E-state index is 9.10. The van der Waals surface area contributed by atoms with Gasteiger partial charge in [-0.2, -0.15) is 0 Å². The Morgan fingerprint density at radius 1 is 1.32 bits per heavy atom. The van der Waals surface area contributed by atoms with E-state index in [4.69, 9.17) is 30.3 Å². The third-order valence-corrected chi connectivity index (χ3v) is 4.15. The van der Waals surface area contributed by atoms with Gasteiger partial charge >= 0.3 is 11.9 Å². The van der Waals surface area contributed by atoms with Gasteiger partial charge in [0.1, 0.15) is 5.75 Å². The number of aliphatic carboxylic acids is 2. The number of nitrogens with one attached hydrogen (secondary N) is 1. The summed E-state index contributed by atoms with van der Waals surface area (Å²) in [4.78, 5) is 21.7. The Labute approximate surface area is 145 Å². The molecule has 0 bridgehead atoms.